The van der Waals surface area contributed by atoms with Gasteiger partial charge in [-0.1, -0.05) is 60.7 Å². The second-order valence-electron chi connectivity index (χ2n) is 11.6. The first-order chi connectivity index (χ1) is 20.3. The maximum atomic E-state index is 13.6. The first kappa shape index (κ1) is 27.3. The lowest BCUT2D eigenvalue weighted by atomic mass is 9.81. The van der Waals surface area contributed by atoms with E-state index in [1.807, 2.05) is 36.4 Å². The topological polar surface area (TPSA) is 160 Å². The molecule has 1 saturated carbocycles. The number of hydroxylamine groups is 4. The minimum atomic E-state index is -1.77. The smallest absolute Gasteiger partial charge is 0.259 e. The van der Waals surface area contributed by atoms with Crippen LogP contribution in [0.4, 0.5) is 0 Å². The summed E-state index contributed by atoms with van der Waals surface area (Å²) in [6, 6.07) is 19.3. The largest absolute Gasteiger partial charge is 0.631 e. The molecule has 7 atom stereocenters. The number of benzene rings is 2. The van der Waals surface area contributed by atoms with Crippen molar-refractivity contribution in [3.63, 3.8) is 0 Å². The number of fused-ring (bicyclic) bond motifs is 1. The fraction of sp³-hybridized carbons (Fsp3) is 0.400. The molecule has 3 fully saturated rings. The molecule has 0 radical (unpaired) electrons. The molecule has 5 unspecified atom stereocenters. The number of thioether (sulfide) groups is 1. The number of ether oxygens (including phenoxy) is 1. The molecule has 0 bridgehead atoms. The van der Waals surface area contributed by atoms with Gasteiger partial charge in [0.1, 0.15) is 11.4 Å². The van der Waals surface area contributed by atoms with Crippen LogP contribution in [0.1, 0.15) is 35.6 Å². The Labute approximate surface area is 246 Å². The number of rotatable bonds is 7. The Morgan fingerprint density at radius 3 is 2.38 bits per heavy atom. The van der Waals surface area contributed by atoms with Crippen LogP contribution in [-0.4, -0.2) is 73.4 Å². The lowest BCUT2D eigenvalue weighted by molar-refractivity contribution is -0.858. The zero-order valence-electron chi connectivity index (χ0n) is 22.9. The summed E-state index contributed by atoms with van der Waals surface area (Å²) >= 11 is 1.54. The van der Waals surface area contributed by atoms with E-state index >= 15 is 0 Å². The molecule has 2 amide bonds. The fourth-order valence-corrected chi connectivity index (χ4v) is 9.47. The molecule has 1 aromatic heterocycles. The van der Waals surface area contributed by atoms with E-state index in [0.29, 0.717) is 5.57 Å². The van der Waals surface area contributed by atoms with Crippen molar-refractivity contribution < 1.29 is 19.1 Å². The normalized spacial score (nSPS) is 32.8. The van der Waals surface area contributed by atoms with Gasteiger partial charge < -0.3 is 30.6 Å². The van der Waals surface area contributed by atoms with Crippen LogP contribution < -0.4 is 5.73 Å². The fourth-order valence-electron chi connectivity index (χ4n) is 7.59. The van der Waals surface area contributed by atoms with E-state index in [1.165, 1.54) is 7.11 Å². The van der Waals surface area contributed by atoms with Crippen molar-refractivity contribution in [2.24, 2.45) is 17.6 Å². The lowest BCUT2D eigenvalue weighted by Gasteiger charge is -2.59. The average molecular weight is 588 g/mol. The van der Waals surface area contributed by atoms with Gasteiger partial charge in [-0.15, -0.1) is 11.8 Å². The third-order valence-corrected chi connectivity index (χ3v) is 11.2. The number of amides is 2. The number of β-lactam (4-membered cyclic amide) rings is 1. The van der Waals surface area contributed by atoms with Crippen molar-refractivity contribution in [3.05, 3.63) is 106 Å². The van der Waals surface area contributed by atoms with Gasteiger partial charge in [0.05, 0.1) is 18.4 Å². The highest BCUT2D eigenvalue weighted by Crippen LogP contribution is 2.73. The number of hydrogen-bond acceptors (Lipinski definition) is 8. The molecule has 3 aliphatic heterocycles. The van der Waals surface area contributed by atoms with E-state index < -0.39 is 34.2 Å². The van der Waals surface area contributed by atoms with E-state index in [1.54, 1.807) is 29.1 Å². The number of nitrogens with two attached hydrogens (primary N) is 1. The standard InChI is InChI=1S/C30H31N6O5S/c1-41-25-28(38)35-16-20(22-14-17(27(31)37)12-13-36(22,39)40)26(42-29(25)35)24-23(21-15-32-34-33-21)30(24,18-8-4-2-5-9-18)19-10-6-3-7-11-19/h2-11,15-17,22-26,29H,12-14H2,1H3,(H2,31,37)(H,32,33,34)/q-1/t17?,22?,23?,24?,25-,26?,29-/m0/s1. The molecular weight excluding hydrogens is 556 g/mol. The van der Waals surface area contributed by atoms with Crippen molar-refractivity contribution in [2.75, 3.05) is 13.7 Å². The predicted molar refractivity (Wildman–Crippen MR) is 155 cm³/mol. The van der Waals surface area contributed by atoms with E-state index in [2.05, 4.69) is 39.7 Å². The van der Waals surface area contributed by atoms with Crippen molar-refractivity contribution in [3.8, 4) is 0 Å². The zero-order valence-corrected chi connectivity index (χ0v) is 23.7. The summed E-state index contributed by atoms with van der Waals surface area (Å²) in [4.78, 5) is 25.0. The summed E-state index contributed by atoms with van der Waals surface area (Å²) in [6.45, 7) is -0.273. The lowest BCUT2D eigenvalue weighted by Crippen LogP contribution is -2.65. The van der Waals surface area contributed by atoms with Crippen LogP contribution in [0, 0.1) is 22.3 Å². The minimum Gasteiger partial charge on any atom is -0.631 e. The number of piperidine rings is 1. The average Bonchev–Trinajstić information content (AvgIpc) is 3.38. The Morgan fingerprint density at radius 1 is 1.14 bits per heavy atom. The van der Waals surface area contributed by atoms with Gasteiger partial charge in [0.2, 0.25) is 5.91 Å². The summed E-state index contributed by atoms with van der Waals surface area (Å²) < 4.78 is 5.55. The highest BCUT2D eigenvalue weighted by Gasteiger charge is 2.72. The molecule has 2 saturated heterocycles. The summed E-state index contributed by atoms with van der Waals surface area (Å²) in [7, 11) is 1.51. The van der Waals surface area contributed by atoms with Gasteiger partial charge in [-0.3, -0.25) is 9.59 Å². The number of carbonyl (C=O) groups is 2. The maximum absolute atomic E-state index is 13.6. The monoisotopic (exact) mass is 587 g/mol. The van der Waals surface area contributed by atoms with Crippen LogP contribution in [0.3, 0.4) is 0 Å². The number of aromatic nitrogens is 3. The molecule has 3 N–H and O–H groups in total. The minimum absolute atomic E-state index is 0.0383. The number of nitrogens with zero attached hydrogens (tertiary/aromatic N) is 4. The molecule has 218 valence electrons. The highest BCUT2D eigenvalue weighted by molar-refractivity contribution is 8.01. The van der Waals surface area contributed by atoms with Crippen LogP contribution >= 0.6 is 11.8 Å². The molecule has 0 spiro atoms. The second-order valence-corrected chi connectivity index (χ2v) is 12.8. The van der Waals surface area contributed by atoms with Crippen LogP contribution in [0.15, 0.2) is 78.6 Å². The van der Waals surface area contributed by atoms with Crippen molar-refractivity contribution in [1.82, 2.24) is 20.3 Å². The molecule has 4 aliphatic rings. The van der Waals surface area contributed by atoms with Crippen LogP contribution in [0.5, 0.6) is 0 Å². The first-order valence-electron chi connectivity index (χ1n) is 14.1. The summed E-state index contributed by atoms with van der Waals surface area (Å²) in [5.41, 5.74) is 8.61. The molecule has 2 aromatic carbocycles. The Kier molecular flexibility index (Phi) is 6.51. The number of quaternary nitrogens is 1. The van der Waals surface area contributed by atoms with Crippen LogP contribution in [0.2, 0.25) is 0 Å². The Bertz CT molecular complexity index is 1480. The van der Waals surface area contributed by atoms with Gasteiger partial charge in [0.25, 0.3) is 5.91 Å². The van der Waals surface area contributed by atoms with Crippen LogP contribution in [-0.2, 0) is 19.7 Å². The molecule has 3 aromatic rings. The molecule has 7 rings (SSSR count). The van der Waals surface area contributed by atoms with E-state index in [0.717, 1.165) is 16.8 Å². The van der Waals surface area contributed by atoms with Gasteiger partial charge in [0, 0.05) is 54.2 Å². The summed E-state index contributed by atoms with van der Waals surface area (Å²) in [5, 5.41) is 37.8. The van der Waals surface area contributed by atoms with Gasteiger partial charge in [-0.05, 0) is 17.0 Å². The zero-order chi connectivity index (χ0) is 29.2. The summed E-state index contributed by atoms with van der Waals surface area (Å²) in [6.07, 6.45) is 2.97. The quantitative estimate of drug-likeness (QED) is 0.242. The Hall–Kier alpha value is -3.55. The van der Waals surface area contributed by atoms with E-state index in [9.17, 15) is 20.0 Å². The second kappa shape index (κ2) is 10.0. The van der Waals surface area contributed by atoms with E-state index in [4.69, 9.17) is 10.5 Å². The number of methoxy groups -OCH3 is 1. The number of carbonyl (C=O) groups excluding carboxylic acids is 2. The number of primary amides is 1. The van der Waals surface area contributed by atoms with Gasteiger partial charge in [-0.2, -0.15) is 15.4 Å². The number of H-pyrrole nitrogens is 1. The third-order valence-electron chi connectivity index (χ3n) is 9.59. The van der Waals surface area contributed by atoms with E-state index in [-0.39, 0.29) is 47.8 Å². The van der Waals surface area contributed by atoms with Crippen molar-refractivity contribution in [1.29, 1.82) is 0 Å². The maximum Gasteiger partial charge on any atom is 0.259 e. The highest BCUT2D eigenvalue weighted by atomic mass is 32.2. The van der Waals surface area contributed by atoms with Gasteiger partial charge in [-0.25, -0.2) is 0 Å². The van der Waals surface area contributed by atoms with Gasteiger partial charge >= 0.3 is 0 Å². The Morgan fingerprint density at radius 2 is 1.81 bits per heavy atom. The number of hydrogen-bond donors (Lipinski definition) is 2. The molecule has 11 nitrogen and oxygen atoms in total. The number of aromatic amines is 1. The third kappa shape index (κ3) is 3.97. The van der Waals surface area contributed by atoms with Crippen molar-refractivity contribution in [2.45, 2.75) is 46.9 Å². The van der Waals surface area contributed by atoms with Crippen molar-refractivity contribution >= 4 is 23.6 Å². The SMILES string of the molecule is CO[C@H]1C(=O)N2C=C(C3CC(C(N)=O)CC[N+]3([O-])[O-])C(C3C(c4cn[nH]n4)C3(c3ccccc3)c3ccccc3)S[C@@H]12. The van der Waals surface area contributed by atoms with Crippen LogP contribution in [0.25, 0.3) is 0 Å². The molecule has 12 heteroatoms. The first-order valence-corrected chi connectivity index (χ1v) is 15.0. The summed E-state index contributed by atoms with van der Waals surface area (Å²) in [5.74, 6) is -1.64. The molecular formula is C30H31N6O5S-. The number of nitrogens with one attached hydrogen (secondary N) is 1. The predicted octanol–water partition coefficient (Wildman–Crippen LogP) is 2.76. The molecule has 1 aliphatic carbocycles. The molecule has 4 heterocycles. The Balaban J connectivity index is 1.41. The molecule has 42 heavy (non-hydrogen) atoms. The van der Waals surface area contributed by atoms with Gasteiger partial charge in [0.15, 0.2) is 6.10 Å².